The van der Waals surface area contributed by atoms with Gasteiger partial charge in [0.2, 0.25) is 11.8 Å². The number of carbonyl (C=O) groups excluding carboxylic acids is 2. The van der Waals surface area contributed by atoms with Crippen LogP contribution in [0, 0.1) is 11.8 Å². The van der Waals surface area contributed by atoms with Crippen molar-refractivity contribution in [2.45, 2.75) is 38.5 Å². The van der Waals surface area contributed by atoms with Crippen LogP contribution < -0.4 is 15.4 Å². The third kappa shape index (κ3) is 11.3. The molecule has 2 amide bonds. The predicted octanol–water partition coefficient (Wildman–Crippen LogP) is 5.96. The smallest absolute Gasteiger partial charge is 0.227 e. The van der Waals surface area contributed by atoms with Gasteiger partial charge in [-0.15, -0.1) is 0 Å². The van der Waals surface area contributed by atoms with Crippen molar-refractivity contribution in [1.29, 1.82) is 0 Å². The normalized spacial score (nSPS) is 15.9. The van der Waals surface area contributed by atoms with Gasteiger partial charge < -0.3 is 25.2 Å². The standard InChI is InChI=1S/C20H25N3O2.C19H23N3O/c1-25-19-4-2-16(3-5-19)8-13-23-14-9-17(10-15-23)20(24)22-18-6-11-21-12-7-18;23-19(21-18-6-11-20-12-7-18)17-9-14-22(15-10-17)13-8-16-4-2-1-3-5-16/h2-7,11-12,17H,8-10,13-15H2,1H3,(H,21,22,24);1-7,11-12,17H,8-10,13-15H2,(H,20,21,23). The number of pyridine rings is 2. The Labute approximate surface area is 284 Å². The molecular formula is C39H48N6O3. The summed E-state index contributed by atoms with van der Waals surface area (Å²) in [7, 11) is 1.68. The van der Waals surface area contributed by atoms with E-state index in [0.717, 1.165) is 94.9 Å². The SMILES string of the molecule is COc1ccc(CCN2CCC(C(=O)Nc3ccncc3)CC2)cc1.O=C(Nc1ccncc1)C1CCN(CCc2ccccc2)CC1. The molecule has 2 N–H and O–H groups in total. The Morgan fingerprint density at radius 1 is 0.625 bits per heavy atom. The first-order chi connectivity index (χ1) is 23.6. The lowest BCUT2D eigenvalue weighted by Crippen LogP contribution is -2.39. The summed E-state index contributed by atoms with van der Waals surface area (Å²) in [5.74, 6) is 1.38. The Morgan fingerprint density at radius 3 is 1.46 bits per heavy atom. The maximum absolute atomic E-state index is 12.4. The van der Waals surface area contributed by atoms with Crippen molar-refractivity contribution >= 4 is 23.2 Å². The molecule has 0 saturated carbocycles. The van der Waals surface area contributed by atoms with E-state index in [0.29, 0.717) is 0 Å². The minimum Gasteiger partial charge on any atom is -0.497 e. The van der Waals surface area contributed by atoms with Gasteiger partial charge in [-0.2, -0.15) is 0 Å². The third-order valence-electron chi connectivity index (χ3n) is 9.25. The van der Waals surface area contributed by atoms with Gasteiger partial charge in [0, 0.05) is 61.1 Å². The van der Waals surface area contributed by atoms with Crippen LogP contribution in [0.3, 0.4) is 0 Å². The largest absolute Gasteiger partial charge is 0.497 e. The van der Waals surface area contributed by atoms with Gasteiger partial charge in [0.1, 0.15) is 5.75 Å². The molecule has 0 atom stereocenters. The Balaban J connectivity index is 0.000000188. The zero-order valence-corrected chi connectivity index (χ0v) is 28.0. The quantitative estimate of drug-likeness (QED) is 0.207. The van der Waals surface area contributed by atoms with Gasteiger partial charge in [-0.3, -0.25) is 19.6 Å². The zero-order valence-electron chi connectivity index (χ0n) is 28.0. The molecule has 2 saturated heterocycles. The fourth-order valence-electron chi connectivity index (χ4n) is 6.21. The van der Waals surface area contributed by atoms with Gasteiger partial charge >= 0.3 is 0 Å². The average Bonchev–Trinajstić information content (AvgIpc) is 3.15. The highest BCUT2D eigenvalue weighted by atomic mass is 16.5. The molecule has 9 nitrogen and oxygen atoms in total. The number of rotatable bonds is 11. The molecule has 2 aliphatic rings. The predicted molar refractivity (Wildman–Crippen MR) is 191 cm³/mol. The van der Waals surface area contributed by atoms with Crippen LogP contribution in [-0.2, 0) is 22.4 Å². The molecule has 2 aromatic heterocycles. The monoisotopic (exact) mass is 648 g/mol. The first-order valence-corrected chi connectivity index (χ1v) is 17.1. The molecule has 2 aliphatic heterocycles. The molecule has 0 bridgehead atoms. The van der Waals surface area contributed by atoms with Crippen LogP contribution in [0.15, 0.2) is 104 Å². The van der Waals surface area contributed by atoms with E-state index in [1.807, 2.05) is 36.4 Å². The Kier molecular flexibility index (Phi) is 13.5. The number of piperidine rings is 2. The minimum atomic E-state index is 0.102. The highest BCUT2D eigenvalue weighted by Gasteiger charge is 2.26. The summed E-state index contributed by atoms with van der Waals surface area (Å²) in [6.07, 6.45) is 12.6. The number of carbonyl (C=O) groups is 2. The van der Waals surface area contributed by atoms with E-state index in [2.05, 4.69) is 72.9 Å². The summed E-state index contributed by atoms with van der Waals surface area (Å²) < 4.78 is 5.19. The lowest BCUT2D eigenvalue weighted by molar-refractivity contribution is -0.122. The number of aromatic nitrogens is 2. The lowest BCUT2D eigenvalue weighted by atomic mass is 9.95. The fraction of sp³-hybridized carbons (Fsp3) is 0.385. The van der Waals surface area contributed by atoms with E-state index in [1.54, 1.807) is 31.9 Å². The number of hydrogen-bond acceptors (Lipinski definition) is 7. The van der Waals surface area contributed by atoms with Gasteiger partial charge in [-0.25, -0.2) is 0 Å². The number of methoxy groups -OCH3 is 1. The van der Waals surface area contributed by atoms with Crippen molar-refractivity contribution in [2.24, 2.45) is 11.8 Å². The Hall–Kier alpha value is -4.60. The first kappa shape index (κ1) is 34.7. The second kappa shape index (κ2) is 18.7. The van der Waals surface area contributed by atoms with Gasteiger partial charge in [0.05, 0.1) is 7.11 Å². The molecule has 6 rings (SSSR count). The first-order valence-electron chi connectivity index (χ1n) is 17.1. The van der Waals surface area contributed by atoms with Crippen LogP contribution in [0.1, 0.15) is 36.8 Å². The number of nitrogens with zero attached hydrogens (tertiary/aromatic N) is 4. The molecular weight excluding hydrogens is 600 g/mol. The van der Waals surface area contributed by atoms with E-state index in [9.17, 15) is 9.59 Å². The number of hydrogen-bond donors (Lipinski definition) is 2. The molecule has 2 aromatic carbocycles. The third-order valence-corrected chi connectivity index (χ3v) is 9.25. The van der Waals surface area contributed by atoms with Gasteiger partial charge in [0.15, 0.2) is 0 Å². The van der Waals surface area contributed by atoms with Gasteiger partial charge in [0.25, 0.3) is 0 Å². The molecule has 0 spiro atoms. The second-order valence-corrected chi connectivity index (χ2v) is 12.5. The maximum Gasteiger partial charge on any atom is 0.227 e. The molecule has 4 heterocycles. The number of benzene rings is 2. The number of nitrogens with one attached hydrogen (secondary N) is 2. The zero-order chi connectivity index (χ0) is 33.4. The van der Waals surface area contributed by atoms with Crippen molar-refractivity contribution in [3.05, 3.63) is 115 Å². The molecule has 48 heavy (non-hydrogen) atoms. The molecule has 2 fully saturated rings. The van der Waals surface area contributed by atoms with Crippen molar-refractivity contribution < 1.29 is 14.3 Å². The highest BCUT2D eigenvalue weighted by Crippen LogP contribution is 2.21. The minimum absolute atomic E-state index is 0.102. The van der Waals surface area contributed by atoms with Crippen molar-refractivity contribution in [2.75, 3.05) is 57.0 Å². The summed E-state index contributed by atoms with van der Waals surface area (Å²) in [6, 6.07) is 26.1. The van der Waals surface area contributed by atoms with E-state index in [1.165, 1.54) is 11.1 Å². The second-order valence-electron chi connectivity index (χ2n) is 12.5. The van der Waals surface area contributed by atoms with Crippen LogP contribution in [0.25, 0.3) is 0 Å². The van der Waals surface area contributed by atoms with Crippen molar-refractivity contribution in [1.82, 2.24) is 19.8 Å². The Morgan fingerprint density at radius 2 is 1.04 bits per heavy atom. The summed E-state index contributed by atoms with van der Waals surface area (Å²) in [6.45, 7) is 6.06. The number of amides is 2. The lowest BCUT2D eigenvalue weighted by Gasteiger charge is -2.31. The summed E-state index contributed by atoms with van der Waals surface area (Å²) in [4.78, 5) is 37.5. The molecule has 252 valence electrons. The molecule has 4 aromatic rings. The van der Waals surface area contributed by atoms with E-state index in [4.69, 9.17) is 4.74 Å². The van der Waals surface area contributed by atoms with E-state index in [-0.39, 0.29) is 23.7 Å². The topological polar surface area (TPSA) is 99.7 Å². The van der Waals surface area contributed by atoms with Gasteiger partial charge in [-0.1, -0.05) is 42.5 Å². The van der Waals surface area contributed by atoms with Crippen LogP contribution in [-0.4, -0.2) is 78.0 Å². The van der Waals surface area contributed by atoms with Crippen molar-refractivity contribution in [3.63, 3.8) is 0 Å². The number of anilines is 2. The summed E-state index contributed by atoms with van der Waals surface area (Å²) in [5, 5.41) is 5.97. The molecule has 0 unspecified atom stereocenters. The fourth-order valence-corrected chi connectivity index (χ4v) is 6.21. The van der Waals surface area contributed by atoms with Crippen LogP contribution in [0.5, 0.6) is 5.75 Å². The van der Waals surface area contributed by atoms with Crippen molar-refractivity contribution in [3.8, 4) is 5.75 Å². The van der Waals surface area contributed by atoms with Crippen LogP contribution in [0.4, 0.5) is 11.4 Å². The van der Waals surface area contributed by atoms with Crippen LogP contribution >= 0.6 is 0 Å². The van der Waals surface area contributed by atoms with Crippen LogP contribution in [0.2, 0.25) is 0 Å². The summed E-state index contributed by atoms with van der Waals surface area (Å²) in [5.41, 5.74) is 4.35. The number of likely N-dealkylation sites (tertiary alicyclic amines) is 2. The highest BCUT2D eigenvalue weighted by molar-refractivity contribution is 5.93. The summed E-state index contributed by atoms with van der Waals surface area (Å²) >= 11 is 0. The van der Waals surface area contributed by atoms with E-state index < -0.39 is 0 Å². The maximum atomic E-state index is 12.4. The molecule has 9 heteroatoms. The number of ether oxygens (including phenoxy) is 1. The Bertz CT molecular complexity index is 1510. The van der Waals surface area contributed by atoms with E-state index >= 15 is 0 Å². The molecule has 0 radical (unpaired) electrons. The average molecular weight is 649 g/mol. The van der Waals surface area contributed by atoms with Gasteiger partial charge in [-0.05, 0) is 112 Å². The molecule has 0 aliphatic carbocycles.